The fourth-order valence-electron chi connectivity index (χ4n) is 2.73. The van der Waals surface area contributed by atoms with Crippen molar-refractivity contribution in [2.75, 3.05) is 19.7 Å². The van der Waals surface area contributed by atoms with Crippen molar-refractivity contribution in [1.82, 2.24) is 5.32 Å². The molecule has 2 unspecified atom stereocenters. The predicted octanol–water partition coefficient (Wildman–Crippen LogP) is 1.53. The highest BCUT2D eigenvalue weighted by atomic mass is 16.7. The molecule has 0 radical (unpaired) electrons. The summed E-state index contributed by atoms with van der Waals surface area (Å²) < 4.78 is 11.6. The smallest absolute Gasteiger partial charge is 0.155 e. The monoisotopic (exact) mass is 199 g/mol. The lowest BCUT2D eigenvalue weighted by molar-refractivity contribution is -0.282. The Balaban J connectivity index is 2.09. The van der Waals surface area contributed by atoms with E-state index in [2.05, 4.69) is 12.2 Å². The van der Waals surface area contributed by atoms with Gasteiger partial charge in [0.15, 0.2) is 6.29 Å². The average molecular weight is 199 g/mol. The molecule has 2 aliphatic rings. The number of nitrogens with one attached hydrogen (secondary N) is 1. The van der Waals surface area contributed by atoms with Gasteiger partial charge in [-0.05, 0) is 39.3 Å². The zero-order chi connectivity index (χ0) is 10.0. The summed E-state index contributed by atoms with van der Waals surface area (Å²) in [7, 11) is 0. The largest absolute Gasteiger partial charge is 0.353 e. The molecule has 2 aliphatic heterocycles. The lowest BCUT2D eigenvalue weighted by atomic mass is 9.78. The van der Waals surface area contributed by atoms with Crippen LogP contribution in [0.5, 0.6) is 0 Å². The molecular weight excluding hydrogens is 178 g/mol. The molecule has 0 aromatic rings. The number of rotatable bonds is 1. The van der Waals surface area contributed by atoms with Crippen molar-refractivity contribution < 1.29 is 9.47 Å². The summed E-state index contributed by atoms with van der Waals surface area (Å²) in [6.07, 6.45) is 3.42. The van der Waals surface area contributed by atoms with Crippen LogP contribution >= 0.6 is 0 Å². The van der Waals surface area contributed by atoms with E-state index in [1.54, 1.807) is 0 Å². The van der Waals surface area contributed by atoms with Gasteiger partial charge < -0.3 is 14.8 Å². The molecule has 2 heterocycles. The number of ether oxygens (including phenoxy) is 2. The molecule has 0 saturated carbocycles. The maximum absolute atomic E-state index is 6.06. The van der Waals surface area contributed by atoms with Gasteiger partial charge in [0, 0.05) is 5.92 Å². The van der Waals surface area contributed by atoms with E-state index < -0.39 is 0 Å². The number of piperidine rings is 1. The Labute approximate surface area is 86.2 Å². The van der Waals surface area contributed by atoms with Crippen molar-refractivity contribution in [2.24, 2.45) is 5.92 Å². The van der Waals surface area contributed by atoms with Crippen LogP contribution in [0, 0.1) is 5.92 Å². The molecule has 0 aromatic carbocycles. The number of hydrogen-bond acceptors (Lipinski definition) is 3. The van der Waals surface area contributed by atoms with E-state index in [-0.39, 0.29) is 11.9 Å². The van der Waals surface area contributed by atoms with Crippen LogP contribution in [0.3, 0.4) is 0 Å². The Bertz CT molecular complexity index is 190. The molecule has 2 fully saturated rings. The maximum Gasteiger partial charge on any atom is 0.155 e. The molecule has 0 aromatic heterocycles. The van der Waals surface area contributed by atoms with E-state index >= 15 is 0 Å². The zero-order valence-electron chi connectivity index (χ0n) is 9.21. The van der Waals surface area contributed by atoms with Crippen molar-refractivity contribution in [1.29, 1.82) is 0 Å². The molecule has 0 bridgehead atoms. The summed E-state index contributed by atoms with van der Waals surface area (Å²) in [6.45, 7) is 7.29. The van der Waals surface area contributed by atoms with Gasteiger partial charge in [0.1, 0.15) is 0 Å². The van der Waals surface area contributed by atoms with Crippen LogP contribution in [-0.4, -0.2) is 31.6 Å². The first-order valence-electron chi connectivity index (χ1n) is 5.77. The first-order valence-corrected chi connectivity index (χ1v) is 5.77. The van der Waals surface area contributed by atoms with Crippen LogP contribution in [-0.2, 0) is 9.47 Å². The predicted molar refractivity (Wildman–Crippen MR) is 55.1 cm³/mol. The van der Waals surface area contributed by atoms with Crippen LogP contribution in [0.4, 0.5) is 0 Å². The standard InChI is InChI=1S/C11H21NO2/c1-3-10-8-13-9(2)14-11(10)4-6-12-7-5-11/h9-10,12H,3-8H2,1-2H3. The molecule has 0 aliphatic carbocycles. The van der Waals surface area contributed by atoms with Gasteiger partial charge in [-0.1, -0.05) is 6.92 Å². The molecule has 82 valence electrons. The lowest BCUT2D eigenvalue weighted by Crippen LogP contribution is -2.55. The molecule has 0 amide bonds. The Hall–Kier alpha value is -0.120. The normalized spacial score (nSPS) is 37.3. The highest BCUT2D eigenvalue weighted by Crippen LogP contribution is 2.38. The van der Waals surface area contributed by atoms with Crippen molar-refractivity contribution >= 4 is 0 Å². The third-order valence-corrected chi connectivity index (χ3v) is 3.62. The lowest BCUT2D eigenvalue weighted by Gasteiger charge is -2.48. The summed E-state index contributed by atoms with van der Waals surface area (Å²) in [4.78, 5) is 0. The van der Waals surface area contributed by atoms with Gasteiger partial charge >= 0.3 is 0 Å². The Morgan fingerprint density at radius 2 is 2.07 bits per heavy atom. The first-order chi connectivity index (χ1) is 6.77. The molecule has 2 saturated heterocycles. The second-order valence-corrected chi connectivity index (χ2v) is 4.44. The fraction of sp³-hybridized carbons (Fsp3) is 1.00. The molecule has 3 heteroatoms. The molecule has 3 nitrogen and oxygen atoms in total. The topological polar surface area (TPSA) is 30.5 Å². The third kappa shape index (κ3) is 1.81. The van der Waals surface area contributed by atoms with Crippen molar-refractivity contribution in [3.63, 3.8) is 0 Å². The van der Waals surface area contributed by atoms with Crippen LogP contribution in [0.1, 0.15) is 33.1 Å². The van der Waals surface area contributed by atoms with Gasteiger partial charge in [0.25, 0.3) is 0 Å². The summed E-state index contributed by atoms with van der Waals surface area (Å²) in [6, 6.07) is 0. The van der Waals surface area contributed by atoms with Gasteiger partial charge in [0.05, 0.1) is 12.2 Å². The molecule has 1 N–H and O–H groups in total. The minimum Gasteiger partial charge on any atom is -0.353 e. The van der Waals surface area contributed by atoms with Gasteiger partial charge in [-0.3, -0.25) is 0 Å². The van der Waals surface area contributed by atoms with E-state index in [0.29, 0.717) is 5.92 Å². The van der Waals surface area contributed by atoms with E-state index in [9.17, 15) is 0 Å². The van der Waals surface area contributed by atoms with Crippen LogP contribution in [0.25, 0.3) is 0 Å². The first kappa shape index (κ1) is 10.4. The summed E-state index contributed by atoms with van der Waals surface area (Å²) >= 11 is 0. The van der Waals surface area contributed by atoms with Crippen LogP contribution < -0.4 is 5.32 Å². The Morgan fingerprint density at radius 1 is 1.36 bits per heavy atom. The summed E-state index contributed by atoms with van der Waals surface area (Å²) in [5.41, 5.74) is 0.109. The second kappa shape index (κ2) is 4.17. The van der Waals surface area contributed by atoms with Gasteiger partial charge in [-0.2, -0.15) is 0 Å². The molecule has 2 atom stereocenters. The molecular formula is C11H21NO2. The summed E-state index contributed by atoms with van der Waals surface area (Å²) in [5, 5.41) is 3.39. The van der Waals surface area contributed by atoms with E-state index in [1.165, 1.54) is 0 Å². The van der Waals surface area contributed by atoms with Gasteiger partial charge in [-0.15, -0.1) is 0 Å². The quantitative estimate of drug-likeness (QED) is 0.694. The average Bonchev–Trinajstić information content (AvgIpc) is 2.19. The molecule has 1 spiro atoms. The fourth-order valence-corrected chi connectivity index (χ4v) is 2.73. The minimum atomic E-state index is -0.0177. The van der Waals surface area contributed by atoms with Crippen LogP contribution in [0.15, 0.2) is 0 Å². The Morgan fingerprint density at radius 3 is 2.71 bits per heavy atom. The van der Waals surface area contributed by atoms with Crippen molar-refractivity contribution in [2.45, 2.75) is 45.0 Å². The highest BCUT2D eigenvalue weighted by Gasteiger charge is 2.44. The minimum absolute atomic E-state index is 0.0177. The van der Waals surface area contributed by atoms with Crippen molar-refractivity contribution in [3.8, 4) is 0 Å². The van der Waals surface area contributed by atoms with E-state index in [4.69, 9.17) is 9.47 Å². The second-order valence-electron chi connectivity index (χ2n) is 4.44. The van der Waals surface area contributed by atoms with Crippen molar-refractivity contribution in [3.05, 3.63) is 0 Å². The molecule has 14 heavy (non-hydrogen) atoms. The highest BCUT2D eigenvalue weighted by molar-refractivity contribution is 4.93. The third-order valence-electron chi connectivity index (χ3n) is 3.62. The zero-order valence-corrected chi connectivity index (χ0v) is 9.21. The summed E-state index contributed by atoms with van der Waals surface area (Å²) in [5.74, 6) is 0.584. The number of hydrogen-bond donors (Lipinski definition) is 1. The van der Waals surface area contributed by atoms with E-state index in [0.717, 1.165) is 39.0 Å². The van der Waals surface area contributed by atoms with Crippen LogP contribution in [0.2, 0.25) is 0 Å². The van der Waals surface area contributed by atoms with Gasteiger partial charge in [-0.25, -0.2) is 0 Å². The molecule has 2 rings (SSSR count). The Kier molecular flexibility index (Phi) is 3.10. The van der Waals surface area contributed by atoms with E-state index in [1.807, 2.05) is 6.92 Å². The maximum atomic E-state index is 6.06. The van der Waals surface area contributed by atoms with Gasteiger partial charge in [0.2, 0.25) is 0 Å². The SMILES string of the molecule is CCC1COC(C)OC12CCNCC2.